The third kappa shape index (κ3) is 3.98. The van der Waals surface area contributed by atoms with Crippen LogP contribution in [0.15, 0.2) is 18.2 Å². The van der Waals surface area contributed by atoms with Gasteiger partial charge in [-0.3, -0.25) is 4.79 Å². The molecule has 0 aromatic heterocycles. The summed E-state index contributed by atoms with van der Waals surface area (Å²) in [6.45, 7) is 2.50. The Balaban J connectivity index is 2.63. The molecule has 1 aromatic rings. The van der Waals surface area contributed by atoms with Crippen LogP contribution in [-0.4, -0.2) is 20.1 Å². The molecule has 1 amide bonds. The molecule has 1 aromatic carbocycles. The van der Waals surface area contributed by atoms with Crippen LogP contribution in [0, 0.1) is 0 Å². The number of hydrogen-bond acceptors (Lipinski definition) is 3. The molecule has 0 aliphatic rings. The van der Waals surface area contributed by atoms with Crippen molar-refractivity contribution >= 4 is 5.91 Å². The molecule has 0 fully saturated rings. The molecular weight excluding hydrogens is 218 g/mol. The lowest BCUT2D eigenvalue weighted by atomic mass is 10.2. The van der Waals surface area contributed by atoms with E-state index in [-0.39, 0.29) is 5.91 Å². The highest BCUT2D eigenvalue weighted by Crippen LogP contribution is 2.27. The third-order valence-electron chi connectivity index (χ3n) is 2.41. The molecule has 4 heteroatoms. The summed E-state index contributed by atoms with van der Waals surface area (Å²) in [5.74, 6) is 1.44. The molecular formula is C13H19NO3. The number of carbonyl (C=O) groups excluding carboxylic acids is 1. The van der Waals surface area contributed by atoms with Crippen LogP contribution in [0.25, 0.3) is 0 Å². The van der Waals surface area contributed by atoms with Crippen LogP contribution >= 0.6 is 0 Å². The fraction of sp³-hybridized carbons (Fsp3) is 0.462. The first kappa shape index (κ1) is 13.4. The lowest BCUT2D eigenvalue weighted by Crippen LogP contribution is -2.22. The summed E-state index contributed by atoms with van der Waals surface area (Å²) in [4.78, 5) is 11.3. The van der Waals surface area contributed by atoms with Crippen molar-refractivity contribution in [1.82, 2.24) is 5.32 Å². The van der Waals surface area contributed by atoms with Gasteiger partial charge in [-0.25, -0.2) is 0 Å². The van der Waals surface area contributed by atoms with Crippen molar-refractivity contribution in [2.75, 3.05) is 14.2 Å². The Morgan fingerprint density at radius 3 is 2.53 bits per heavy atom. The first-order valence-electron chi connectivity index (χ1n) is 5.68. The SMILES string of the molecule is CCCC(=O)NCc1ccc(OC)c(OC)c1. The van der Waals surface area contributed by atoms with Crippen molar-refractivity contribution in [1.29, 1.82) is 0 Å². The van der Waals surface area contributed by atoms with E-state index < -0.39 is 0 Å². The smallest absolute Gasteiger partial charge is 0.220 e. The number of amides is 1. The standard InChI is InChI=1S/C13H19NO3/c1-4-5-13(15)14-9-10-6-7-11(16-2)12(8-10)17-3/h6-8H,4-5,9H2,1-3H3,(H,14,15). The van der Waals surface area contributed by atoms with Gasteiger partial charge in [0.25, 0.3) is 0 Å². The lowest BCUT2D eigenvalue weighted by Gasteiger charge is -2.10. The minimum Gasteiger partial charge on any atom is -0.493 e. The summed E-state index contributed by atoms with van der Waals surface area (Å²) in [6, 6.07) is 5.61. The molecule has 0 atom stereocenters. The summed E-state index contributed by atoms with van der Waals surface area (Å²) < 4.78 is 10.3. The summed E-state index contributed by atoms with van der Waals surface area (Å²) in [6.07, 6.45) is 1.42. The molecule has 0 saturated carbocycles. The van der Waals surface area contributed by atoms with Crippen LogP contribution in [0.5, 0.6) is 11.5 Å². The molecule has 0 spiro atoms. The van der Waals surface area contributed by atoms with Gasteiger partial charge < -0.3 is 14.8 Å². The van der Waals surface area contributed by atoms with E-state index in [1.165, 1.54) is 0 Å². The second-order valence-corrected chi connectivity index (χ2v) is 3.72. The molecule has 94 valence electrons. The van der Waals surface area contributed by atoms with E-state index in [0.717, 1.165) is 12.0 Å². The Kier molecular flexibility index (Phi) is 5.33. The average molecular weight is 237 g/mol. The molecule has 1 rings (SSSR count). The van der Waals surface area contributed by atoms with Crippen molar-refractivity contribution in [3.8, 4) is 11.5 Å². The normalized spacial score (nSPS) is 9.82. The van der Waals surface area contributed by atoms with Gasteiger partial charge in [0.15, 0.2) is 11.5 Å². The monoisotopic (exact) mass is 237 g/mol. The highest BCUT2D eigenvalue weighted by atomic mass is 16.5. The average Bonchev–Trinajstić information content (AvgIpc) is 2.36. The Labute approximate surface area is 102 Å². The number of ether oxygens (including phenoxy) is 2. The van der Waals surface area contributed by atoms with Gasteiger partial charge in [0.2, 0.25) is 5.91 Å². The molecule has 0 radical (unpaired) electrons. The zero-order chi connectivity index (χ0) is 12.7. The number of carbonyl (C=O) groups is 1. The van der Waals surface area contributed by atoms with Crippen molar-refractivity contribution in [3.05, 3.63) is 23.8 Å². The molecule has 0 unspecified atom stereocenters. The third-order valence-corrected chi connectivity index (χ3v) is 2.41. The van der Waals surface area contributed by atoms with E-state index in [9.17, 15) is 4.79 Å². The minimum atomic E-state index is 0.0716. The molecule has 4 nitrogen and oxygen atoms in total. The topological polar surface area (TPSA) is 47.6 Å². The summed E-state index contributed by atoms with van der Waals surface area (Å²) >= 11 is 0. The van der Waals surface area contributed by atoms with Crippen LogP contribution in [0.4, 0.5) is 0 Å². The van der Waals surface area contributed by atoms with Crippen molar-refractivity contribution in [3.63, 3.8) is 0 Å². The number of rotatable bonds is 6. The van der Waals surface area contributed by atoms with E-state index in [2.05, 4.69) is 5.32 Å². The van der Waals surface area contributed by atoms with Crippen LogP contribution < -0.4 is 14.8 Å². The lowest BCUT2D eigenvalue weighted by molar-refractivity contribution is -0.121. The quantitative estimate of drug-likeness (QED) is 0.824. The van der Waals surface area contributed by atoms with Crippen LogP contribution in [0.1, 0.15) is 25.3 Å². The van der Waals surface area contributed by atoms with Gasteiger partial charge in [0.1, 0.15) is 0 Å². The number of nitrogens with one attached hydrogen (secondary N) is 1. The molecule has 17 heavy (non-hydrogen) atoms. The fourth-order valence-electron chi connectivity index (χ4n) is 1.51. The minimum absolute atomic E-state index is 0.0716. The van der Waals surface area contributed by atoms with Crippen molar-refractivity contribution < 1.29 is 14.3 Å². The second-order valence-electron chi connectivity index (χ2n) is 3.72. The van der Waals surface area contributed by atoms with Crippen LogP contribution in [0.2, 0.25) is 0 Å². The first-order chi connectivity index (χ1) is 8.21. The van der Waals surface area contributed by atoms with Crippen molar-refractivity contribution in [2.24, 2.45) is 0 Å². The zero-order valence-electron chi connectivity index (χ0n) is 10.6. The molecule has 1 N–H and O–H groups in total. The summed E-state index contributed by atoms with van der Waals surface area (Å²) in [5, 5.41) is 2.85. The molecule has 0 heterocycles. The van der Waals surface area contributed by atoms with Gasteiger partial charge in [-0.1, -0.05) is 13.0 Å². The van der Waals surface area contributed by atoms with Gasteiger partial charge in [0.05, 0.1) is 14.2 Å². The van der Waals surface area contributed by atoms with E-state index in [1.807, 2.05) is 25.1 Å². The predicted octanol–water partition coefficient (Wildman–Crippen LogP) is 2.12. The summed E-state index contributed by atoms with van der Waals surface area (Å²) in [7, 11) is 3.19. The Morgan fingerprint density at radius 1 is 1.24 bits per heavy atom. The first-order valence-corrected chi connectivity index (χ1v) is 5.68. The van der Waals surface area contributed by atoms with Crippen LogP contribution in [-0.2, 0) is 11.3 Å². The fourth-order valence-corrected chi connectivity index (χ4v) is 1.51. The van der Waals surface area contributed by atoms with Gasteiger partial charge in [-0.2, -0.15) is 0 Å². The molecule has 0 bridgehead atoms. The molecule has 0 aliphatic carbocycles. The number of hydrogen-bond donors (Lipinski definition) is 1. The molecule has 0 saturated heterocycles. The number of methoxy groups -OCH3 is 2. The highest BCUT2D eigenvalue weighted by Gasteiger charge is 2.05. The van der Waals surface area contributed by atoms with E-state index >= 15 is 0 Å². The second kappa shape index (κ2) is 6.78. The highest BCUT2D eigenvalue weighted by molar-refractivity contribution is 5.75. The Morgan fingerprint density at radius 2 is 1.94 bits per heavy atom. The van der Waals surface area contributed by atoms with Crippen molar-refractivity contribution in [2.45, 2.75) is 26.3 Å². The maximum Gasteiger partial charge on any atom is 0.220 e. The Hall–Kier alpha value is -1.71. The van der Waals surface area contributed by atoms with Gasteiger partial charge >= 0.3 is 0 Å². The van der Waals surface area contributed by atoms with E-state index in [4.69, 9.17) is 9.47 Å². The number of benzene rings is 1. The van der Waals surface area contributed by atoms with E-state index in [0.29, 0.717) is 24.5 Å². The van der Waals surface area contributed by atoms with Gasteiger partial charge in [-0.15, -0.1) is 0 Å². The largest absolute Gasteiger partial charge is 0.493 e. The molecule has 0 aliphatic heterocycles. The van der Waals surface area contributed by atoms with Crippen LogP contribution in [0.3, 0.4) is 0 Å². The van der Waals surface area contributed by atoms with Gasteiger partial charge in [0, 0.05) is 13.0 Å². The predicted molar refractivity (Wildman–Crippen MR) is 66.3 cm³/mol. The Bertz CT molecular complexity index is 377. The summed E-state index contributed by atoms with van der Waals surface area (Å²) in [5.41, 5.74) is 0.993. The van der Waals surface area contributed by atoms with Gasteiger partial charge in [-0.05, 0) is 24.1 Å². The van der Waals surface area contributed by atoms with E-state index in [1.54, 1.807) is 14.2 Å². The maximum absolute atomic E-state index is 11.3. The maximum atomic E-state index is 11.3. The zero-order valence-corrected chi connectivity index (χ0v) is 10.6.